The van der Waals surface area contributed by atoms with Gasteiger partial charge in [0.2, 0.25) is 0 Å². The van der Waals surface area contributed by atoms with E-state index in [4.69, 9.17) is 5.11 Å². The molecule has 1 aliphatic rings. The maximum Gasteiger partial charge on any atom is 0.411 e. The third-order valence-corrected chi connectivity index (χ3v) is 3.06. The second-order valence-electron chi connectivity index (χ2n) is 4.20. The molecule has 0 aromatic carbocycles. The summed E-state index contributed by atoms with van der Waals surface area (Å²) in [6, 6.07) is 1.91. The van der Waals surface area contributed by atoms with Crippen molar-refractivity contribution in [1.29, 1.82) is 0 Å². The van der Waals surface area contributed by atoms with E-state index in [1.165, 1.54) is 11.2 Å². The predicted molar refractivity (Wildman–Crippen MR) is 65.8 cm³/mol. The average Bonchev–Trinajstić information content (AvgIpc) is 2.87. The zero-order valence-electron chi connectivity index (χ0n) is 9.63. The van der Waals surface area contributed by atoms with Crippen LogP contribution in [0, 0.1) is 0 Å². The van der Waals surface area contributed by atoms with Gasteiger partial charge in [-0.25, -0.2) is 14.8 Å². The Morgan fingerprint density at radius 1 is 1.44 bits per heavy atom. The van der Waals surface area contributed by atoms with Crippen LogP contribution < -0.4 is 0 Å². The van der Waals surface area contributed by atoms with Gasteiger partial charge in [0.15, 0.2) is 0 Å². The number of carboxylic acid groups (broad SMARTS) is 1. The molecule has 2 aromatic heterocycles. The summed E-state index contributed by atoms with van der Waals surface area (Å²) in [5.74, 6) is 0. The molecule has 6 heteroatoms. The number of allylic oxidation sites excluding steroid dienone is 1. The topological polar surface area (TPSA) is 82.1 Å². The number of H-pyrrole nitrogens is 1. The number of rotatable bonds is 1. The first kappa shape index (κ1) is 10.8. The average molecular weight is 244 g/mol. The molecule has 0 unspecified atom stereocenters. The third kappa shape index (κ3) is 1.71. The highest BCUT2D eigenvalue weighted by Crippen LogP contribution is 2.27. The van der Waals surface area contributed by atoms with Gasteiger partial charge in [0.25, 0.3) is 0 Å². The predicted octanol–water partition coefficient (Wildman–Crippen LogP) is 2.07. The van der Waals surface area contributed by atoms with Crippen LogP contribution in [-0.4, -0.2) is 37.6 Å². The Morgan fingerprint density at radius 3 is 3.17 bits per heavy atom. The smallest absolute Gasteiger partial charge is 0.411 e. The van der Waals surface area contributed by atoms with Crippen molar-refractivity contribution in [3.8, 4) is 0 Å². The summed E-state index contributed by atoms with van der Waals surface area (Å²) in [5, 5.41) is 9.95. The fourth-order valence-electron chi connectivity index (χ4n) is 2.22. The second-order valence-corrected chi connectivity index (χ2v) is 4.20. The lowest BCUT2D eigenvalue weighted by Crippen LogP contribution is -2.27. The maximum absolute atomic E-state index is 11.0. The number of carbonyl (C=O) groups is 1. The fraction of sp³-hybridized carbons (Fsp3) is 0.250. The first-order valence-electron chi connectivity index (χ1n) is 5.74. The Balaban J connectivity index is 2.09. The lowest BCUT2D eigenvalue weighted by Gasteiger charge is -2.22. The Bertz CT molecular complexity index is 632. The highest BCUT2D eigenvalue weighted by molar-refractivity contribution is 5.88. The summed E-state index contributed by atoms with van der Waals surface area (Å²) in [6.07, 6.45) is 5.69. The molecule has 0 fully saturated rings. The second kappa shape index (κ2) is 4.14. The molecule has 0 spiro atoms. The summed E-state index contributed by atoms with van der Waals surface area (Å²) < 4.78 is 0. The van der Waals surface area contributed by atoms with Crippen LogP contribution in [0.2, 0.25) is 0 Å². The maximum atomic E-state index is 11.0. The lowest BCUT2D eigenvalue weighted by molar-refractivity contribution is 0.161. The molecule has 3 rings (SSSR count). The summed E-state index contributed by atoms with van der Waals surface area (Å²) >= 11 is 0. The van der Waals surface area contributed by atoms with Gasteiger partial charge < -0.3 is 10.1 Å². The molecule has 3 heterocycles. The van der Waals surface area contributed by atoms with Crippen molar-refractivity contribution in [1.82, 2.24) is 19.9 Å². The van der Waals surface area contributed by atoms with E-state index in [-0.39, 0.29) is 0 Å². The van der Waals surface area contributed by atoms with E-state index in [0.29, 0.717) is 6.54 Å². The number of hydrogen-bond acceptors (Lipinski definition) is 3. The van der Waals surface area contributed by atoms with Gasteiger partial charge in [0.05, 0.1) is 5.69 Å². The molecule has 2 N–H and O–H groups in total. The molecule has 0 atom stereocenters. The minimum absolute atomic E-state index is 0.542. The Morgan fingerprint density at radius 2 is 2.33 bits per heavy atom. The molecular weight excluding hydrogens is 232 g/mol. The normalized spacial score (nSPS) is 15.8. The van der Waals surface area contributed by atoms with Crippen LogP contribution in [0.3, 0.4) is 0 Å². The van der Waals surface area contributed by atoms with Crippen molar-refractivity contribution >= 4 is 22.7 Å². The molecule has 0 radical (unpaired) electrons. The number of aromatic amines is 1. The fourth-order valence-corrected chi connectivity index (χ4v) is 2.22. The van der Waals surface area contributed by atoms with Crippen molar-refractivity contribution < 1.29 is 9.90 Å². The Hall–Kier alpha value is -2.37. The van der Waals surface area contributed by atoms with Crippen LogP contribution in [0.1, 0.15) is 18.5 Å². The number of nitrogens with one attached hydrogen (secondary N) is 1. The van der Waals surface area contributed by atoms with Gasteiger partial charge >= 0.3 is 6.09 Å². The molecule has 92 valence electrons. The van der Waals surface area contributed by atoms with Crippen molar-refractivity contribution in [3.63, 3.8) is 0 Å². The molecule has 2 aromatic rings. The van der Waals surface area contributed by atoms with Gasteiger partial charge in [-0.3, -0.25) is 4.90 Å². The molecule has 0 saturated heterocycles. The van der Waals surface area contributed by atoms with Gasteiger partial charge in [-0.15, -0.1) is 0 Å². The molecule has 0 aliphatic carbocycles. The number of hydrogen-bond donors (Lipinski definition) is 2. The number of nitrogens with zero attached hydrogens (tertiary/aromatic N) is 3. The largest absolute Gasteiger partial charge is 0.465 e. The zero-order valence-corrected chi connectivity index (χ0v) is 9.63. The van der Waals surface area contributed by atoms with Crippen molar-refractivity contribution in [3.05, 3.63) is 30.5 Å². The Labute approximate surface area is 103 Å². The number of amides is 1. The molecule has 1 amide bonds. The van der Waals surface area contributed by atoms with Crippen LogP contribution in [-0.2, 0) is 0 Å². The van der Waals surface area contributed by atoms with E-state index < -0.39 is 6.09 Å². The third-order valence-electron chi connectivity index (χ3n) is 3.06. The summed E-state index contributed by atoms with van der Waals surface area (Å²) in [4.78, 5) is 23.7. The molecule has 18 heavy (non-hydrogen) atoms. The first-order valence-corrected chi connectivity index (χ1v) is 5.74. The monoisotopic (exact) mass is 244 g/mol. The van der Waals surface area contributed by atoms with Crippen LogP contribution in [0.25, 0.3) is 16.6 Å². The van der Waals surface area contributed by atoms with Gasteiger partial charge in [-0.2, -0.15) is 0 Å². The summed E-state index contributed by atoms with van der Waals surface area (Å²) in [6.45, 7) is 0.542. The van der Waals surface area contributed by atoms with E-state index in [1.54, 1.807) is 12.4 Å². The van der Waals surface area contributed by atoms with Crippen LogP contribution in [0.4, 0.5) is 4.79 Å². The van der Waals surface area contributed by atoms with Crippen LogP contribution >= 0.6 is 0 Å². The standard InChI is InChI=1S/C12H12N4O2/c17-12(18)16-5-1-2-8(6-16)10-9-3-4-13-11(9)15-7-14-10/h3-4,6-7H,1-2,5H2,(H,17,18)(H,13,14,15). The zero-order chi connectivity index (χ0) is 12.5. The van der Waals surface area contributed by atoms with Gasteiger partial charge in [-0.1, -0.05) is 0 Å². The highest BCUT2D eigenvalue weighted by atomic mass is 16.4. The van der Waals surface area contributed by atoms with E-state index in [0.717, 1.165) is 35.1 Å². The minimum atomic E-state index is -0.924. The molecule has 1 aliphatic heterocycles. The molecular formula is C12H12N4O2. The van der Waals surface area contributed by atoms with Gasteiger partial charge in [0.1, 0.15) is 12.0 Å². The van der Waals surface area contributed by atoms with E-state index in [1.807, 2.05) is 6.07 Å². The quantitative estimate of drug-likeness (QED) is 0.804. The van der Waals surface area contributed by atoms with Crippen molar-refractivity contribution in [2.75, 3.05) is 6.54 Å². The van der Waals surface area contributed by atoms with E-state index in [2.05, 4.69) is 15.0 Å². The van der Waals surface area contributed by atoms with Gasteiger partial charge in [0, 0.05) is 24.3 Å². The number of fused-ring (bicyclic) bond motifs is 1. The van der Waals surface area contributed by atoms with E-state index in [9.17, 15) is 4.79 Å². The van der Waals surface area contributed by atoms with Crippen LogP contribution in [0.15, 0.2) is 24.8 Å². The molecule has 6 nitrogen and oxygen atoms in total. The number of aromatic nitrogens is 3. The summed E-state index contributed by atoms with van der Waals surface area (Å²) in [7, 11) is 0. The first-order chi connectivity index (χ1) is 8.75. The summed E-state index contributed by atoms with van der Waals surface area (Å²) in [5.41, 5.74) is 2.52. The van der Waals surface area contributed by atoms with Gasteiger partial charge in [-0.05, 0) is 24.5 Å². The van der Waals surface area contributed by atoms with Crippen molar-refractivity contribution in [2.24, 2.45) is 0 Å². The van der Waals surface area contributed by atoms with Crippen LogP contribution in [0.5, 0.6) is 0 Å². The highest BCUT2D eigenvalue weighted by Gasteiger charge is 2.18. The Kier molecular flexibility index (Phi) is 2.47. The molecule has 0 saturated carbocycles. The van der Waals surface area contributed by atoms with Crippen molar-refractivity contribution in [2.45, 2.75) is 12.8 Å². The lowest BCUT2D eigenvalue weighted by atomic mass is 10.0. The SMILES string of the molecule is O=C(O)N1C=C(c2ncnc3[nH]ccc23)CCC1. The minimum Gasteiger partial charge on any atom is -0.465 e. The molecule has 0 bridgehead atoms. The van der Waals surface area contributed by atoms with E-state index >= 15 is 0 Å².